The molecule has 0 aliphatic rings. The van der Waals surface area contributed by atoms with Crippen molar-refractivity contribution in [2.45, 2.75) is 185 Å². The molecule has 86 heavy (non-hydrogen) atoms. The molecule has 35 heteroatoms. The summed E-state index contributed by atoms with van der Waals surface area (Å²) >= 11 is 0. The van der Waals surface area contributed by atoms with Crippen molar-refractivity contribution >= 4 is 82.9 Å². The first-order chi connectivity index (χ1) is 40.4. The van der Waals surface area contributed by atoms with Crippen LogP contribution in [0.5, 0.6) is 0 Å². The van der Waals surface area contributed by atoms with Gasteiger partial charge in [0.25, 0.3) is 0 Å². The molecule has 0 aromatic heterocycles. The number of unbranched alkanes of at least 4 members (excludes halogenated alkanes) is 2. The zero-order valence-corrected chi connectivity index (χ0v) is 50.1. The van der Waals surface area contributed by atoms with Gasteiger partial charge in [0.15, 0.2) is 17.9 Å². The Bertz CT molecular complexity index is 2290. The fourth-order valence-corrected chi connectivity index (χ4v) is 8.09. The smallest absolute Gasteiger partial charge is 0.325 e. The molecule has 10 atom stereocenters. The molecule has 10 unspecified atom stereocenters. The molecule has 35 nitrogen and oxygen atoms in total. The van der Waals surface area contributed by atoms with Crippen molar-refractivity contribution in [3.05, 3.63) is 0 Å². The molecule has 10 amide bonds. The molecule has 490 valence electrons. The van der Waals surface area contributed by atoms with E-state index < -0.39 is 144 Å². The SMILES string of the molecule is CC(C)CC(NC(=O)C(CCCN=C(N)N)NC(=O)C(CCCN=C(N)N)NC(=O)C(CC(N)=O)NC(=O)C(CCCN=C(N)N)NC(=O)C(CCCCN)NC(=O)C(N)CCCCN)C(=O)NC(CO)C(=O)NC(C(=O)NC(C)C(=O)O)C(C)C. The van der Waals surface area contributed by atoms with Gasteiger partial charge in [-0.05, 0) is 109 Å². The van der Waals surface area contributed by atoms with E-state index in [9.17, 15) is 63.0 Å². The Hall–Kier alpha value is -8.18. The van der Waals surface area contributed by atoms with Gasteiger partial charge in [0, 0.05) is 19.6 Å². The maximum Gasteiger partial charge on any atom is 0.325 e. The number of hydrogen-bond acceptors (Lipinski definition) is 18. The van der Waals surface area contributed by atoms with E-state index in [1.54, 1.807) is 27.7 Å². The Kier molecular flexibility index (Phi) is 38.5. The molecule has 0 radical (unpaired) electrons. The van der Waals surface area contributed by atoms with E-state index in [2.05, 4.69) is 62.8 Å². The van der Waals surface area contributed by atoms with Crippen molar-refractivity contribution in [3.63, 3.8) is 0 Å². The summed E-state index contributed by atoms with van der Waals surface area (Å²) in [5.41, 5.74) is 56.0. The second kappa shape index (κ2) is 42.6. The quantitative estimate of drug-likeness (QED) is 0.0153. The first-order valence-electron chi connectivity index (χ1n) is 28.6. The van der Waals surface area contributed by atoms with Crippen molar-refractivity contribution in [3.8, 4) is 0 Å². The number of primary amides is 1. The number of nitrogens with one attached hydrogen (secondary N) is 9. The van der Waals surface area contributed by atoms with E-state index in [0.29, 0.717) is 32.2 Å². The summed E-state index contributed by atoms with van der Waals surface area (Å²) in [6.07, 6.45) is 1.01. The summed E-state index contributed by atoms with van der Waals surface area (Å²) in [5.74, 6) is -12.6. The summed E-state index contributed by atoms with van der Waals surface area (Å²) in [6.45, 7) is 7.30. The molecular formula is C51H98N22O13. The monoisotopic (exact) mass is 1230 g/mol. The van der Waals surface area contributed by atoms with E-state index in [4.69, 9.17) is 57.3 Å². The number of aliphatic hydroxyl groups excluding tert-OH is 1. The lowest BCUT2D eigenvalue weighted by molar-refractivity contribution is -0.142. The molecule has 0 aromatic rings. The number of carboxylic acid groups (broad SMARTS) is 1. The lowest BCUT2D eigenvalue weighted by Crippen LogP contribution is -2.61. The third-order valence-corrected chi connectivity index (χ3v) is 12.8. The number of aliphatic hydroxyl groups is 1. The highest BCUT2D eigenvalue weighted by Crippen LogP contribution is 2.12. The zero-order valence-electron chi connectivity index (χ0n) is 50.1. The third-order valence-electron chi connectivity index (χ3n) is 12.8. The Labute approximate surface area is 500 Å². The van der Waals surface area contributed by atoms with Crippen LogP contribution in [-0.2, 0) is 52.7 Å². The number of nitrogens with zero attached hydrogens (tertiary/aromatic N) is 3. The predicted octanol–water partition coefficient (Wildman–Crippen LogP) is -8.23. The van der Waals surface area contributed by atoms with Crippen LogP contribution >= 0.6 is 0 Å². The number of guanidine groups is 3. The molecule has 0 saturated carbocycles. The van der Waals surface area contributed by atoms with Crippen LogP contribution < -0.4 is 105 Å². The number of hydrogen-bond donors (Lipinski definition) is 21. The van der Waals surface area contributed by atoms with Gasteiger partial charge >= 0.3 is 5.97 Å². The minimum atomic E-state index is -1.82. The van der Waals surface area contributed by atoms with Crippen LogP contribution in [0.2, 0.25) is 0 Å². The lowest BCUT2D eigenvalue weighted by atomic mass is 10.0. The minimum absolute atomic E-state index is 0.0102. The largest absolute Gasteiger partial charge is 0.480 e. The second-order valence-electron chi connectivity index (χ2n) is 21.2. The van der Waals surface area contributed by atoms with Crippen LogP contribution in [0, 0.1) is 11.8 Å². The van der Waals surface area contributed by atoms with E-state index in [0.717, 1.165) is 0 Å². The second-order valence-corrected chi connectivity index (χ2v) is 21.2. The van der Waals surface area contributed by atoms with Crippen molar-refractivity contribution < 1.29 is 63.0 Å². The number of aliphatic carboxylic acids is 1. The Balaban J connectivity index is 7.18. The normalized spacial score (nSPS) is 14.5. The van der Waals surface area contributed by atoms with Gasteiger partial charge in [-0.3, -0.25) is 67.7 Å². The number of carboxylic acids is 1. The molecule has 0 bridgehead atoms. The van der Waals surface area contributed by atoms with Crippen LogP contribution in [0.4, 0.5) is 0 Å². The zero-order chi connectivity index (χ0) is 65.6. The molecule has 0 rings (SSSR count). The highest BCUT2D eigenvalue weighted by molar-refractivity contribution is 5.99. The van der Waals surface area contributed by atoms with Gasteiger partial charge in [-0.25, -0.2) is 0 Å². The molecule has 0 fully saturated rings. The Morgan fingerprint density at radius 2 is 0.744 bits per heavy atom. The molecule has 0 saturated heterocycles. The van der Waals surface area contributed by atoms with E-state index in [1.165, 1.54) is 6.92 Å². The van der Waals surface area contributed by atoms with Crippen LogP contribution in [0.3, 0.4) is 0 Å². The molecular weight excluding hydrogens is 1130 g/mol. The van der Waals surface area contributed by atoms with Gasteiger partial charge < -0.3 is 115 Å². The lowest BCUT2D eigenvalue weighted by Gasteiger charge is -2.28. The summed E-state index contributed by atoms with van der Waals surface area (Å²) in [4.78, 5) is 161. The number of nitrogens with two attached hydrogens (primary N) is 10. The van der Waals surface area contributed by atoms with Crippen molar-refractivity contribution in [2.24, 2.45) is 84.1 Å². The summed E-state index contributed by atoms with van der Waals surface area (Å²) in [6, 6.07) is -14.3. The van der Waals surface area contributed by atoms with Crippen molar-refractivity contribution in [1.82, 2.24) is 47.9 Å². The Morgan fingerprint density at radius 1 is 0.407 bits per heavy atom. The third kappa shape index (κ3) is 33.3. The van der Waals surface area contributed by atoms with Gasteiger partial charge in [0.2, 0.25) is 59.1 Å². The Morgan fingerprint density at radius 3 is 1.10 bits per heavy atom. The molecule has 0 aliphatic carbocycles. The number of amides is 10. The molecule has 0 aliphatic heterocycles. The van der Waals surface area contributed by atoms with Gasteiger partial charge in [0.05, 0.1) is 19.1 Å². The van der Waals surface area contributed by atoms with Gasteiger partial charge in [-0.1, -0.05) is 34.1 Å². The van der Waals surface area contributed by atoms with E-state index >= 15 is 0 Å². The van der Waals surface area contributed by atoms with Crippen LogP contribution in [0.15, 0.2) is 15.0 Å². The number of carbonyl (C=O) groups excluding carboxylic acids is 10. The van der Waals surface area contributed by atoms with Crippen LogP contribution in [0.1, 0.15) is 125 Å². The summed E-state index contributed by atoms with van der Waals surface area (Å²) < 4.78 is 0. The predicted molar refractivity (Wildman–Crippen MR) is 319 cm³/mol. The first-order valence-corrected chi connectivity index (χ1v) is 28.6. The van der Waals surface area contributed by atoms with Crippen LogP contribution in [-0.4, -0.2) is 193 Å². The molecule has 0 spiro atoms. The molecule has 0 aromatic carbocycles. The van der Waals surface area contributed by atoms with Gasteiger partial charge in [0.1, 0.15) is 54.4 Å². The first kappa shape index (κ1) is 77.8. The maximum atomic E-state index is 14.5. The van der Waals surface area contributed by atoms with Crippen LogP contribution in [0.25, 0.3) is 0 Å². The van der Waals surface area contributed by atoms with Gasteiger partial charge in [-0.15, -0.1) is 0 Å². The number of carbonyl (C=O) groups is 11. The van der Waals surface area contributed by atoms with E-state index in [1.807, 2.05) is 0 Å². The standard InChI is InChI=1S/C51H98N22O13/c1-26(2)23-34(44(81)72-36(25-74)46(83)73-38(27(3)4)47(84)65-28(5)48(85)86)70-42(79)32(16-11-21-63-50(58)59)68-41(78)31(15-10-20-62-49(56)57)69-45(82)35(24-37(55)75)71-43(80)33(17-12-22-64-51(60)61)67-40(77)30(14-7-9-19-53)66-39(76)29(54)13-6-8-18-52/h26-36,38,74H,6-25,52-54H2,1-5H3,(H2,55,75)(H,65,84)(H,66,76)(H,67,77)(H,68,78)(H,69,82)(H,70,79)(H,71,80)(H,72,81)(H,73,83)(H,85,86)(H4,56,57,62)(H4,58,59,63)(H4,60,61,64). The maximum absolute atomic E-state index is 14.5. The fraction of sp³-hybridized carbons (Fsp3) is 0.725. The number of aliphatic imine (C=N–C) groups is 3. The van der Waals surface area contributed by atoms with Crippen molar-refractivity contribution in [1.29, 1.82) is 0 Å². The molecule has 0 heterocycles. The molecule has 31 N–H and O–H groups in total. The highest BCUT2D eigenvalue weighted by Gasteiger charge is 2.36. The minimum Gasteiger partial charge on any atom is -0.480 e. The fourth-order valence-electron chi connectivity index (χ4n) is 8.09. The number of rotatable bonds is 45. The van der Waals surface area contributed by atoms with E-state index in [-0.39, 0.29) is 108 Å². The van der Waals surface area contributed by atoms with Gasteiger partial charge in [-0.2, -0.15) is 0 Å². The average Bonchev–Trinajstić information content (AvgIpc) is 3.45. The van der Waals surface area contributed by atoms with Crippen molar-refractivity contribution in [2.75, 3.05) is 39.3 Å². The summed E-state index contributed by atoms with van der Waals surface area (Å²) in [7, 11) is 0. The average molecular weight is 1230 g/mol. The highest BCUT2D eigenvalue weighted by atomic mass is 16.4. The topological polar surface area (TPSA) is 634 Å². The summed E-state index contributed by atoms with van der Waals surface area (Å²) in [5, 5.41) is 41.9.